The van der Waals surface area contributed by atoms with Gasteiger partial charge in [-0.1, -0.05) is 23.2 Å². The molecular formula is C11H15Cl2NO3S2. The van der Waals surface area contributed by atoms with Gasteiger partial charge < -0.3 is 0 Å². The van der Waals surface area contributed by atoms with Gasteiger partial charge in [-0.3, -0.25) is 4.21 Å². The first kappa shape index (κ1) is 16.9. The van der Waals surface area contributed by atoms with Gasteiger partial charge in [0.15, 0.2) is 0 Å². The molecule has 0 radical (unpaired) electrons. The third-order valence-electron chi connectivity index (χ3n) is 2.69. The van der Waals surface area contributed by atoms with Crippen LogP contribution in [0, 0.1) is 6.92 Å². The van der Waals surface area contributed by atoms with E-state index in [-0.39, 0.29) is 16.7 Å². The standard InChI is InChI=1S/C11H15Cl2NO3S2/c1-7(18(3)15)6-14-19(16,17)9-4-10(12)8(2)11(13)5-9/h4-5,7,14H,6H2,1-3H3. The molecule has 8 heteroatoms. The first-order valence-electron chi connectivity index (χ1n) is 5.42. The molecule has 0 saturated carbocycles. The molecule has 0 fully saturated rings. The molecule has 0 aliphatic rings. The van der Waals surface area contributed by atoms with Crippen LogP contribution in [-0.4, -0.2) is 30.7 Å². The Morgan fingerprint density at radius 1 is 1.32 bits per heavy atom. The molecule has 1 aromatic carbocycles. The molecule has 0 spiro atoms. The Morgan fingerprint density at radius 2 is 1.79 bits per heavy atom. The van der Waals surface area contributed by atoms with E-state index in [1.807, 2.05) is 0 Å². The van der Waals surface area contributed by atoms with Crippen molar-refractivity contribution in [1.82, 2.24) is 4.72 Å². The van der Waals surface area contributed by atoms with Crippen molar-refractivity contribution in [2.45, 2.75) is 24.0 Å². The number of hydrogen-bond donors (Lipinski definition) is 1. The Bertz CT molecular complexity index is 579. The Kier molecular flexibility index (Phi) is 5.82. The molecule has 2 atom stereocenters. The van der Waals surface area contributed by atoms with Gasteiger partial charge in [0.2, 0.25) is 10.0 Å². The summed E-state index contributed by atoms with van der Waals surface area (Å²) in [6.45, 7) is 3.50. The van der Waals surface area contributed by atoms with Crippen molar-refractivity contribution in [3.63, 3.8) is 0 Å². The van der Waals surface area contributed by atoms with E-state index in [9.17, 15) is 12.6 Å². The first-order chi connectivity index (χ1) is 8.65. The Hall–Kier alpha value is -0.140. The number of halogens is 2. The fourth-order valence-electron chi connectivity index (χ4n) is 1.20. The lowest BCUT2D eigenvalue weighted by Crippen LogP contribution is -2.32. The molecule has 1 aromatic rings. The quantitative estimate of drug-likeness (QED) is 0.892. The number of benzene rings is 1. The van der Waals surface area contributed by atoms with Crippen LogP contribution in [0.2, 0.25) is 10.0 Å². The van der Waals surface area contributed by atoms with Gasteiger partial charge in [-0.05, 0) is 31.5 Å². The monoisotopic (exact) mass is 343 g/mol. The Morgan fingerprint density at radius 3 is 2.21 bits per heavy atom. The largest absolute Gasteiger partial charge is 0.260 e. The van der Waals surface area contributed by atoms with Crippen molar-refractivity contribution in [2.24, 2.45) is 0 Å². The van der Waals surface area contributed by atoms with Gasteiger partial charge in [0.25, 0.3) is 0 Å². The van der Waals surface area contributed by atoms with E-state index in [1.165, 1.54) is 18.4 Å². The summed E-state index contributed by atoms with van der Waals surface area (Å²) in [6, 6.07) is 2.69. The van der Waals surface area contributed by atoms with Crippen molar-refractivity contribution >= 4 is 44.0 Å². The number of rotatable bonds is 5. The molecule has 0 saturated heterocycles. The van der Waals surface area contributed by atoms with Crippen molar-refractivity contribution in [3.05, 3.63) is 27.7 Å². The minimum atomic E-state index is -3.70. The lowest BCUT2D eigenvalue weighted by molar-refractivity contribution is 0.580. The first-order valence-corrected chi connectivity index (χ1v) is 9.28. The van der Waals surface area contributed by atoms with E-state index in [0.717, 1.165) is 0 Å². The maximum absolute atomic E-state index is 12.0. The summed E-state index contributed by atoms with van der Waals surface area (Å²) < 4.78 is 37.7. The summed E-state index contributed by atoms with van der Waals surface area (Å²) in [4.78, 5) is 0.00202. The zero-order valence-corrected chi connectivity index (χ0v) is 13.9. The summed E-state index contributed by atoms with van der Waals surface area (Å²) in [5, 5.41) is 0.311. The molecule has 2 unspecified atom stereocenters. The van der Waals surface area contributed by atoms with E-state index < -0.39 is 20.8 Å². The van der Waals surface area contributed by atoms with E-state index in [4.69, 9.17) is 23.2 Å². The summed E-state index contributed by atoms with van der Waals surface area (Å²) in [5.74, 6) is 0. The minimum Gasteiger partial charge on any atom is -0.260 e. The van der Waals surface area contributed by atoms with Crippen LogP contribution in [0.5, 0.6) is 0 Å². The van der Waals surface area contributed by atoms with Gasteiger partial charge >= 0.3 is 0 Å². The zero-order valence-electron chi connectivity index (χ0n) is 10.7. The highest BCUT2D eigenvalue weighted by Gasteiger charge is 2.18. The molecule has 19 heavy (non-hydrogen) atoms. The van der Waals surface area contributed by atoms with E-state index in [2.05, 4.69) is 4.72 Å². The minimum absolute atomic E-state index is 0.00202. The second-order valence-corrected chi connectivity index (χ2v) is 8.56. The van der Waals surface area contributed by atoms with Crippen LogP contribution in [0.1, 0.15) is 12.5 Å². The predicted molar refractivity (Wildman–Crippen MR) is 79.9 cm³/mol. The van der Waals surface area contributed by atoms with Gasteiger partial charge in [0.05, 0.1) is 4.90 Å². The molecule has 108 valence electrons. The maximum atomic E-state index is 12.0. The highest BCUT2D eigenvalue weighted by Crippen LogP contribution is 2.27. The van der Waals surface area contributed by atoms with Crippen LogP contribution in [0.3, 0.4) is 0 Å². The summed E-state index contributed by atoms with van der Waals surface area (Å²) >= 11 is 11.8. The number of nitrogens with one attached hydrogen (secondary N) is 1. The molecule has 0 heterocycles. The molecule has 1 N–H and O–H groups in total. The topological polar surface area (TPSA) is 63.2 Å². The lowest BCUT2D eigenvalue weighted by atomic mass is 10.2. The van der Waals surface area contributed by atoms with Gasteiger partial charge in [-0.25, -0.2) is 13.1 Å². The van der Waals surface area contributed by atoms with Gasteiger partial charge in [0, 0.05) is 38.9 Å². The molecule has 0 bridgehead atoms. The predicted octanol–water partition coefficient (Wildman–Crippen LogP) is 2.35. The maximum Gasteiger partial charge on any atom is 0.240 e. The number of sulfonamides is 1. The van der Waals surface area contributed by atoms with Gasteiger partial charge in [0.1, 0.15) is 0 Å². The highest BCUT2D eigenvalue weighted by atomic mass is 35.5. The fourth-order valence-corrected chi connectivity index (χ4v) is 3.43. The molecule has 0 aromatic heterocycles. The zero-order chi connectivity index (χ0) is 14.8. The van der Waals surface area contributed by atoms with Gasteiger partial charge in [-0.15, -0.1) is 0 Å². The van der Waals surface area contributed by atoms with E-state index >= 15 is 0 Å². The second-order valence-electron chi connectivity index (χ2n) is 4.17. The molecule has 1 rings (SSSR count). The second kappa shape index (κ2) is 6.54. The smallest absolute Gasteiger partial charge is 0.240 e. The number of hydrogen-bond acceptors (Lipinski definition) is 3. The third kappa shape index (κ3) is 4.43. The fraction of sp³-hybridized carbons (Fsp3) is 0.455. The van der Waals surface area contributed by atoms with Crippen molar-refractivity contribution in [2.75, 3.05) is 12.8 Å². The summed E-state index contributed by atoms with van der Waals surface area (Å²) in [6.07, 6.45) is 1.53. The molecule has 0 aliphatic heterocycles. The van der Waals surface area contributed by atoms with Crippen molar-refractivity contribution in [1.29, 1.82) is 0 Å². The highest BCUT2D eigenvalue weighted by molar-refractivity contribution is 7.89. The Labute approximate surface area is 126 Å². The Balaban J connectivity index is 2.98. The van der Waals surface area contributed by atoms with Crippen molar-refractivity contribution in [3.8, 4) is 0 Å². The average Bonchev–Trinajstić information content (AvgIpc) is 2.32. The molecule has 4 nitrogen and oxygen atoms in total. The lowest BCUT2D eigenvalue weighted by Gasteiger charge is -2.12. The van der Waals surface area contributed by atoms with Gasteiger partial charge in [-0.2, -0.15) is 0 Å². The van der Waals surface area contributed by atoms with Crippen LogP contribution < -0.4 is 4.72 Å². The van der Waals surface area contributed by atoms with Crippen LogP contribution in [-0.2, 0) is 20.8 Å². The van der Waals surface area contributed by atoms with E-state index in [1.54, 1.807) is 13.8 Å². The molecule has 0 aliphatic carbocycles. The SMILES string of the molecule is Cc1c(Cl)cc(S(=O)(=O)NCC(C)S(C)=O)cc1Cl. The summed E-state index contributed by atoms with van der Waals surface area (Å²) in [5.41, 5.74) is 0.630. The summed E-state index contributed by atoms with van der Waals surface area (Å²) in [7, 11) is -4.80. The van der Waals surface area contributed by atoms with Crippen LogP contribution in [0.15, 0.2) is 17.0 Å². The molecule has 0 amide bonds. The van der Waals surface area contributed by atoms with Crippen molar-refractivity contribution < 1.29 is 12.6 Å². The normalized spacial score (nSPS) is 15.2. The van der Waals surface area contributed by atoms with Crippen LogP contribution in [0.25, 0.3) is 0 Å². The third-order valence-corrected chi connectivity index (χ3v) is 6.18. The van der Waals surface area contributed by atoms with Crippen LogP contribution in [0.4, 0.5) is 0 Å². The van der Waals surface area contributed by atoms with Crippen LogP contribution >= 0.6 is 23.2 Å². The molecular weight excluding hydrogens is 329 g/mol. The average molecular weight is 344 g/mol. The van der Waals surface area contributed by atoms with E-state index in [0.29, 0.717) is 15.6 Å².